The van der Waals surface area contributed by atoms with E-state index in [-0.39, 0.29) is 19.6 Å². The highest BCUT2D eigenvalue weighted by atomic mass is 16.5. The highest BCUT2D eigenvalue weighted by Gasteiger charge is 2.39. The van der Waals surface area contributed by atoms with Gasteiger partial charge in [-0.15, -0.1) is 0 Å². The Morgan fingerprint density at radius 2 is 0.589 bits per heavy atom. The Labute approximate surface area is 434 Å². The van der Waals surface area contributed by atoms with Crippen molar-refractivity contribution in [2.24, 2.45) is 0 Å². The monoisotopic (exact) mass is 1020 g/mol. The van der Waals surface area contributed by atoms with E-state index in [0.29, 0.717) is 33.9 Å². The van der Waals surface area contributed by atoms with Crippen molar-refractivity contribution in [3.05, 3.63) is 86.5 Å². The van der Waals surface area contributed by atoms with E-state index in [2.05, 4.69) is 177 Å². The number of amides is 3. The van der Waals surface area contributed by atoms with E-state index >= 15 is 0 Å². The minimum absolute atomic E-state index is 0.366. The van der Waals surface area contributed by atoms with Gasteiger partial charge in [0.2, 0.25) is 0 Å². The largest absolute Gasteiger partial charge is 0.483 e. The summed E-state index contributed by atoms with van der Waals surface area (Å²) in [6.45, 7) is 35.1. The lowest BCUT2D eigenvalue weighted by Gasteiger charge is -2.36. The van der Waals surface area contributed by atoms with Crippen LogP contribution >= 0.6 is 0 Å². The molecule has 0 spiro atoms. The van der Waals surface area contributed by atoms with Crippen molar-refractivity contribution in [3.8, 4) is 17.2 Å². The van der Waals surface area contributed by atoms with Gasteiger partial charge in [0.15, 0.2) is 19.8 Å². The van der Waals surface area contributed by atoms with Crippen LogP contribution in [0.15, 0.2) is 36.4 Å². The van der Waals surface area contributed by atoms with Crippen LogP contribution < -0.4 is 30.2 Å². The van der Waals surface area contributed by atoms with E-state index in [4.69, 9.17) is 28.4 Å². The number of carbonyl (C=O) groups excluding carboxylic acids is 6. The van der Waals surface area contributed by atoms with Crippen LogP contribution in [0.4, 0.5) is 0 Å². The van der Waals surface area contributed by atoms with Gasteiger partial charge < -0.3 is 44.4 Å². The summed E-state index contributed by atoms with van der Waals surface area (Å²) >= 11 is 0. The van der Waals surface area contributed by atoms with E-state index in [1.807, 2.05) is 0 Å². The molecule has 0 saturated carbocycles. The van der Waals surface area contributed by atoms with Crippen LogP contribution in [-0.4, -0.2) is 96.4 Å². The predicted octanol–water partition coefficient (Wildman–Crippen LogP) is 8.66. The highest BCUT2D eigenvalue weighted by molar-refractivity contribution is 5.84. The van der Waals surface area contributed by atoms with Crippen molar-refractivity contribution >= 4 is 35.6 Å². The summed E-state index contributed by atoms with van der Waals surface area (Å²) in [5.41, 5.74) is 3.90. The van der Waals surface area contributed by atoms with Gasteiger partial charge in [0.25, 0.3) is 17.7 Å². The molecule has 73 heavy (non-hydrogen) atoms. The van der Waals surface area contributed by atoms with Gasteiger partial charge in [-0.2, -0.15) is 0 Å². The molecule has 0 aliphatic heterocycles. The summed E-state index contributed by atoms with van der Waals surface area (Å²) in [6, 6.07) is 12.6. The molecule has 0 unspecified atom stereocenters. The van der Waals surface area contributed by atoms with Gasteiger partial charge in [0, 0.05) is 39.3 Å². The normalized spacial score (nSPS) is 12.4. The lowest BCUT2D eigenvalue weighted by atomic mass is 9.70. The first-order valence-electron chi connectivity index (χ1n) is 24.8. The van der Waals surface area contributed by atoms with E-state index in [0.717, 1.165) is 33.4 Å². The second kappa shape index (κ2) is 23.8. The van der Waals surface area contributed by atoms with Crippen LogP contribution in [0.1, 0.15) is 181 Å². The lowest BCUT2D eigenvalue weighted by molar-refractivity contribution is -0.141. The molecule has 0 heterocycles. The molecule has 0 saturated heterocycles. The molecule has 3 aromatic rings. The summed E-state index contributed by atoms with van der Waals surface area (Å²) in [4.78, 5) is 77.6. The molecular weight excluding hydrogens is 931 g/mol. The maximum Gasteiger partial charge on any atom is 0.325 e. The third kappa shape index (κ3) is 17.0. The van der Waals surface area contributed by atoms with Crippen molar-refractivity contribution in [2.75, 3.05) is 60.8 Å². The van der Waals surface area contributed by atoms with Gasteiger partial charge >= 0.3 is 17.9 Å². The van der Waals surface area contributed by atoms with Gasteiger partial charge in [0.1, 0.15) is 36.9 Å². The number of ether oxygens (including phenoxy) is 6. The molecule has 3 N–H and O–H groups in total. The van der Waals surface area contributed by atoms with Crippen LogP contribution in [0.5, 0.6) is 17.2 Å². The molecule has 0 aliphatic rings. The average molecular weight is 1020 g/mol. The van der Waals surface area contributed by atoms with E-state index in [9.17, 15) is 28.8 Å². The zero-order valence-corrected chi connectivity index (χ0v) is 47.7. The van der Waals surface area contributed by atoms with Gasteiger partial charge in [-0.1, -0.05) is 161 Å². The van der Waals surface area contributed by atoms with E-state index < -0.39 is 93.9 Å². The van der Waals surface area contributed by atoms with Gasteiger partial charge in [-0.25, -0.2) is 0 Å². The highest BCUT2D eigenvalue weighted by Crippen LogP contribution is 2.53. The Bertz CT molecular complexity index is 2230. The fraction of sp³-hybridized carbons (Fsp3) is 0.586. The van der Waals surface area contributed by atoms with Gasteiger partial charge in [-0.3, -0.25) is 28.8 Å². The summed E-state index contributed by atoms with van der Waals surface area (Å²) in [6.07, 6.45) is 0. The topological polar surface area (TPSA) is 194 Å². The number of hydrogen-bond donors (Lipinski definition) is 3. The Kier molecular flexibility index (Phi) is 20.0. The number of esters is 3. The molecule has 15 nitrogen and oxygen atoms in total. The molecular formula is C58H85N3O12. The molecule has 15 heteroatoms. The van der Waals surface area contributed by atoms with Gasteiger partial charge in [-0.05, 0) is 49.2 Å². The number of carbonyl (C=O) groups is 6. The van der Waals surface area contributed by atoms with Crippen LogP contribution in [-0.2, 0) is 75.5 Å². The van der Waals surface area contributed by atoms with Crippen LogP contribution in [0.2, 0.25) is 0 Å². The first-order chi connectivity index (χ1) is 33.3. The summed E-state index contributed by atoms with van der Waals surface area (Å²) in [5.74, 6) is -3.32. The van der Waals surface area contributed by atoms with E-state index in [1.54, 1.807) is 0 Å². The summed E-state index contributed by atoms with van der Waals surface area (Å²) < 4.78 is 34.9. The minimum Gasteiger partial charge on any atom is -0.483 e. The third-order valence-electron chi connectivity index (χ3n) is 12.3. The molecule has 0 aliphatic carbocycles. The molecule has 0 atom stereocenters. The van der Waals surface area contributed by atoms with E-state index in [1.165, 1.54) is 21.3 Å². The van der Waals surface area contributed by atoms with Crippen LogP contribution in [0.3, 0.4) is 0 Å². The Morgan fingerprint density at radius 3 is 0.767 bits per heavy atom. The molecule has 404 valence electrons. The Morgan fingerprint density at radius 1 is 0.370 bits per heavy atom. The minimum atomic E-state index is -0.912. The molecule has 0 aromatic heterocycles. The van der Waals surface area contributed by atoms with Crippen molar-refractivity contribution in [2.45, 2.75) is 163 Å². The lowest BCUT2D eigenvalue weighted by Crippen LogP contribution is -2.35. The van der Waals surface area contributed by atoms with Crippen molar-refractivity contribution < 1.29 is 57.2 Å². The SMILES string of the molecule is COC(=O)CNC(=O)COc1c(C(c2cc(C(C)(C)C)cc(C(C)(C)C)c2OCC(=O)NCC(=O)OC)c2cc(C(C)(C)C)cc(C(C)(C)C)c2OCC(=O)NCC(=O)OC)cc(C(C)(C)C)cc1C(C)(C)C. The number of benzene rings is 3. The number of methoxy groups -OCH3 is 3. The van der Waals surface area contributed by atoms with Crippen molar-refractivity contribution in [1.82, 2.24) is 16.0 Å². The van der Waals surface area contributed by atoms with Gasteiger partial charge in [0.05, 0.1) is 21.3 Å². The first kappa shape index (κ1) is 61.2. The third-order valence-corrected chi connectivity index (χ3v) is 12.3. The second-order valence-corrected chi connectivity index (χ2v) is 24.7. The predicted molar refractivity (Wildman–Crippen MR) is 284 cm³/mol. The fourth-order valence-corrected chi connectivity index (χ4v) is 7.85. The number of rotatable bonds is 18. The number of hydrogen-bond acceptors (Lipinski definition) is 12. The molecule has 3 amide bonds. The Hall–Kier alpha value is -6.12. The van der Waals surface area contributed by atoms with Crippen LogP contribution in [0.25, 0.3) is 0 Å². The zero-order valence-electron chi connectivity index (χ0n) is 47.7. The molecule has 3 aromatic carbocycles. The Balaban J connectivity index is 2.90. The van der Waals surface area contributed by atoms with Crippen molar-refractivity contribution in [3.63, 3.8) is 0 Å². The zero-order chi connectivity index (χ0) is 55.8. The van der Waals surface area contributed by atoms with Crippen molar-refractivity contribution in [1.29, 1.82) is 0 Å². The first-order valence-corrected chi connectivity index (χ1v) is 24.8. The standard InChI is InChI=1S/C58H85N3O12/c1-53(2,3)34-22-37(50(40(25-34)56(10,11)12)71-31-43(62)59-28-46(65)68-19)49(38-23-35(54(4,5)6)26-41(57(13,14)15)51(38)72-32-44(63)60-29-47(66)69-20)39-24-36(55(7,8)9)27-42(58(16,17)18)52(39)73-33-45(64)61-30-48(67)70-21/h22-27,49H,28-33H2,1-21H3,(H,59,62)(H,60,63)(H,61,64). The molecule has 0 fully saturated rings. The molecule has 0 bridgehead atoms. The average Bonchev–Trinajstić information content (AvgIpc) is 3.27. The number of nitrogens with one attached hydrogen (secondary N) is 3. The molecule has 3 rings (SSSR count). The maximum atomic E-state index is 13.7. The molecule has 0 radical (unpaired) electrons. The summed E-state index contributed by atoms with van der Waals surface area (Å²) in [5, 5.41) is 7.83. The second-order valence-electron chi connectivity index (χ2n) is 24.7. The van der Waals surface area contributed by atoms with Crippen LogP contribution in [0, 0.1) is 0 Å². The fourth-order valence-electron chi connectivity index (χ4n) is 7.85. The summed E-state index contributed by atoms with van der Waals surface area (Å²) in [7, 11) is 3.72. The maximum absolute atomic E-state index is 13.7. The smallest absolute Gasteiger partial charge is 0.325 e. The quantitative estimate of drug-likeness (QED) is 0.0625.